The molecule has 0 aromatic carbocycles. The van der Waals surface area contributed by atoms with Crippen LogP contribution < -0.4 is 0 Å². The molecule has 0 aromatic rings. The second-order valence-electron chi connectivity index (χ2n) is 21.0. The van der Waals surface area contributed by atoms with Gasteiger partial charge < -0.3 is 18.9 Å². The highest BCUT2D eigenvalue weighted by atomic mass is 31.2. The van der Waals surface area contributed by atoms with E-state index in [1.54, 1.807) is 0 Å². The van der Waals surface area contributed by atoms with Crippen molar-refractivity contribution in [1.29, 1.82) is 0 Å². The largest absolute Gasteiger partial charge is 0.472 e. The quantitative estimate of drug-likeness (QED) is 0.0211. The molecule has 0 amide bonds. The molecule has 0 aliphatic rings. The minimum atomic E-state index is -4.39. The van der Waals surface area contributed by atoms with Gasteiger partial charge in [-0.05, 0) is 83.5 Å². The summed E-state index contributed by atoms with van der Waals surface area (Å²) in [5, 5.41) is 0. The number of quaternary nitrogens is 1. The number of carbonyl (C=O) groups is 2. The van der Waals surface area contributed by atoms with Crippen molar-refractivity contribution in [3.8, 4) is 0 Å². The number of nitrogens with zero attached hydrogens (tertiary/aromatic N) is 1. The number of phosphoric ester groups is 1. The predicted octanol–water partition coefficient (Wildman–Crippen LogP) is 19.0. The summed E-state index contributed by atoms with van der Waals surface area (Å²) in [5.74, 6) is -0.810. The van der Waals surface area contributed by atoms with E-state index in [1.165, 1.54) is 103 Å². The average molecular weight is 1070 g/mol. The van der Waals surface area contributed by atoms with Crippen LogP contribution in [-0.2, 0) is 32.7 Å². The third-order valence-electron chi connectivity index (χ3n) is 12.6. The molecule has 9 nitrogen and oxygen atoms in total. The van der Waals surface area contributed by atoms with E-state index in [9.17, 15) is 19.0 Å². The lowest BCUT2D eigenvalue weighted by atomic mass is 10.0. The molecule has 2 unspecified atom stereocenters. The zero-order chi connectivity index (χ0) is 54.9. The molecule has 0 bridgehead atoms. The van der Waals surface area contributed by atoms with Gasteiger partial charge in [-0.3, -0.25) is 18.6 Å². The van der Waals surface area contributed by atoms with Gasteiger partial charge in [-0.25, -0.2) is 4.57 Å². The molecule has 0 saturated carbocycles. The molecule has 1 N–H and O–H groups in total. The topological polar surface area (TPSA) is 108 Å². The summed E-state index contributed by atoms with van der Waals surface area (Å²) in [7, 11) is 1.46. The predicted molar refractivity (Wildman–Crippen MR) is 321 cm³/mol. The van der Waals surface area contributed by atoms with Crippen LogP contribution in [0.25, 0.3) is 0 Å². The third-order valence-corrected chi connectivity index (χ3v) is 13.6. The molecule has 0 aliphatic heterocycles. The van der Waals surface area contributed by atoms with Gasteiger partial charge in [0.2, 0.25) is 0 Å². The molecule has 0 saturated heterocycles. The number of ether oxygens (including phenoxy) is 2. The second-order valence-corrected chi connectivity index (χ2v) is 22.5. The molecule has 0 radical (unpaired) electrons. The van der Waals surface area contributed by atoms with Gasteiger partial charge in [0.15, 0.2) is 6.10 Å². The second kappa shape index (κ2) is 55.4. The first-order valence-corrected chi connectivity index (χ1v) is 31.6. The van der Waals surface area contributed by atoms with Crippen molar-refractivity contribution in [2.45, 2.75) is 245 Å². The van der Waals surface area contributed by atoms with Gasteiger partial charge in [0.25, 0.3) is 0 Å². The molecule has 430 valence electrons. The number of unbranched alkanes of at least 4 members (excludes halogenated alkanes) is 22. The maximum Gasteiger partial charge on any atom is 0.472 e. The number of allylic oxidation sites excluding steroid dienone is 18. The summed E-state index contributed by atoms with van der Waals surface area (Å²) in [5.41, 5.74) is 0. The Morgan fingerprint density at radius 1 is 0.427 bits per heavy atom. The average Bonchev–Trinajstić information content (AvgIpc) is 3.37. The summed E-state index contributed by atoms with van der Waals surface area (Å²) in [6.07, 6.45) is 77.3. The Kier molecular flexibility index (Phi) is 53.0. The first-order valence-electron chi connectivity index (χ1n) is 30.1. The number of hydrogen-bond donors (Lipinski definition) is 1. The number of rotatable bonds is 54. The van der Waals surface area contributed by atoms with Crippen LogP contribution in [0.5, 0.6) is 0 Å². The minimum absolute atomic E-state index is 0.0255. The van der Waals surface area contributed by atoms with Crippen LogP contribution in [-0.4, -0.2) is 74.9 Å². The SMILES string of the molecule is CC/C=C\C/C=C\C/C=C\C/C=C\C/C=C\C/C=C\C/C=C\C/C=C\C/C=C\CCCCCCCCCC(=O)OC(COC(=O)CCCCCCCCCCCCCCCCCC)COP(=O)(O)OCC[N+](C)(C)C. The zero-order valence-electron chi connectivity index (χ0n) is 48.7. The summed E-state index contributed by atoms with van der Waals surface area (Å²) < 4.78 is 34.5. The number of carbonyl (C=O) groups excluding carboxylic acids is 2. The summed E-state index contributed by atoms with van der Waals surface area (Å²) in [6, 6.07) is 0. The highest BCUT2D eigenvalue weighted by Crippen LogP contribution is 2.43. The Hall–Kier alpha value is -3.33. The molecule has 0 aromatic heterocycles. The van der Waals surface area contributed by atoms with E-state index in [4.69, 9.17) is 18.5 Å². The van der Waals surface area contributed by atoms with Crippen molar-refractivity contribution >= 4 is 19.8 Å². The van der Waals surface area contributed by atoms with Crippen molar-refractivity contribution in [3.63, 3.8) is 0 Å². The highest BCUT2D eigenvalue weighted by molar-refractivity contribution is 7.47. The van der Waals surface area contributed by atoms with Gasteiger partial charge >= 0.3 is 19.8 Å². The van der Waals surface area contributed by atoms with Crippen molar-refractivity contribution in [1.82, 2.24) is 0 Å². The first kappa shape index (κ1) is 71.7. The molecule has 0 rings (SSSR count). The van der Waals surface area contributed by atoms with Crippen LogP contribution in [0.15, 0.2) is 109 Å². The third kappa shape index (κ3) is 59.8. The van der Waals surface area contributed by atoms with Crippen LogP contribution >= 0.6 is 7.82 Å². The fourth-order valence-electron chi connectivity index (χ4n) is 7.95. The van der Waals surface area contributed by atoms with Gasteiger partial charge in [0.1, 0.15) is 19.8 Å². The molecule has 2 atom stereocenters. The summed E-state index contributed by atoms with van der Waals surface area (Å²) in [4.78, 5) is 35.7. The normalized spacial score (nSPS) is 14.1. The zero-order valence-corrected chi connectivity index (χ0v) is 49.6. The smallest absolute Gasteiger partial charge is 0.462 e. The Morgan fingerprint density at radius 3 is 1.13 bits per heavy atom. The number of hydrogen-bond acceptors (Lipinski definition) is 7. The fraction of sp³-hybridized carbons (Fsp3) is 0.692. The molecule has 0 spiro atoms. The Balaban J connectivity index is 4.17. The monoisotopic (exact) mass is 1070 g/mol. The van der Waals surface area contributed by atoms with E-state index in [2.05, 4.69) is 123 Å². The van der Waals surface area contributed by atoms with E-state index >= 15 is 0 Å². The molecular formula is C65H113NO8P+. The fourth-order valence-corrected chi connectivity index (χ4v) is 8.69. The number of esters is 2. The van der Waals surface area contributed by atoms with Gasteiger partial charge in [-0.2, -0.15) is 0 Å². The Labute approximate surface area is 461 Å². The van der Waals surface area contributed by atoms with Crippen molar-refractivity contribution in [2.75, 3.05) is 47.5 Å². The van der Waals surface area contributed by atoms with Crippen molar-refractivity contribution in [3.05, 3.63) is 109 Å². The van der Waals surface area contributed by atoms with Crippen LogP contribution in [0.1, 0.15) is 239 Å². The van der Waals surface area contributed by atoms with Crippen molar-refractivity contribution in [2.24, 2.45) is 0 Å². The van der Waals surface area contributed by atoms with Gasteiger partial charge in [0.05, 0.1) is 27.7 Å². The lowest BCUT2D eigenvalue weighted by Crippen LogP contribution is -2.37. The maximum atomic E-state index is 12.8. The van der Waals surface area contributed by atoms with Crippen molar-refractivity contribution < 1.29 is 42.1 Å². The molecule has 0 fully saturated rings. The first-order chi connectivity index (χ1) is 36.5. The van der Waals surface area contributed by atoms with Crippen LogP contribution in [0.2, 0.25) is 0 Å². The van der Waals surface area contributed by atoms with E-state index in [1.807, 2.05) is 21.1 Å². The Morgan fingerprint density at radius 2 is 0.760 bits per heavy atom. The summed E-state index contributed by atoms with van der Waals surface area (Å²) in [6.45, 7) is 4.31. The van der Waals surface area contributed by atoms with E-state index < -0.39 is 26.5 Å². The highest BCUT2D eigenvalue weighted by Gasteiger charge is 2.27. The number of likely N-dealkylation sites (N-methyl/N-ethyl adjacent to an activating group) is 1. The molecule has 75 heavy (non-hydrogen) atoms. The van der Waals surface area contributed by atoms with E-state index in [0.717, 1.165) is 103 Å². The van der Waals surface area contributed by atoms with Gasteiger partial charge in [-0.15, -0.1) is 0 Å². The Bertz CT molecular complexity index is 1630. The molecule has 0 heterocycles. The maximum absolute atomic E-state index is 12.8. The summed E-state index contributed by atoms with van der Waals surface area (Å²) >= 11 is 0. The van der Waals surface area contributed by atoms with Crippen LogP contribution in [0.3, 0.4) is 0 Å². The lowest BCUT2D eigenvalue weighted by Gasteiger charge is -2.24. The van der Waals surface area contributed by atoms with Crippen LogP contribution in [0.4, 0.5) is 0 Å². The van der Waals surface area contributed by atoms with Crippen LogP contribution in [0, 0.1) is 0 Å². The standard InChI is InChI=1S/C65H112NO8P/c1-6-8-10-12-14-16-18-20-22-24-25-26-27-28-29-30-31-32-33-34-35-36-37-38-39-40-41-42-44-46-48-50-52-54-56-58-65(68)74-63(62-73-75(69,70)72-60-59-66(3,4)5)61-71-64(67)57-55-53-51-49-47-45-43-23-21-19-17-15-13-11-9-7-2/h8,10,14,16,20,22,25-26,28-29,31-32,34-35,37-38,40-41,63H,6-7,9,11-13,15,17-19,21,23-24,27,30,33,36,39,42-62H2,1-5H3/p+1/b10-8-,16-14-,22-20-,26-25-,29-28-,32-31-,35-34-,38-37-,41-40-. The molecular weight excluding hydrogens is 954 g/mol. The lowest BCUT2D eigenvalue weighted by molar-refractivity contribution is -0.870. The van der Waals surface area contributed by atoms with E-state index in [0.29, 0.717) is 17.4 Å². The van der Waals surface area contributed by atoms with E-state index in [-0.39, 0.29) is 32.0 Å². The molecule has 10 heteroatoms. The van der Waals surface area contributed by atoms with Gasteiger partial charge in [0, 0.05) is 12.8 Å². The molecule has 0 aliphatic carbocycles. The van der Waals surface area contributed by atoms with Gasteiger partial charge in [-0.1, -0.05) is 252 Å². The minimum Gasteiger partial charge on any atom is -0.462 e. The number of phosphoric acid groups is 1.